The Hall–Kier alpha value is -1.69. The standard InChI is InChI=1S/C15H22N4OS/c1-10(2)19-12(6-7-16-19)18-13(20)8-11-9-21-14(17-11)15(3,4)5/h6-7,9-10H,8H2,1-5H3,(H,18,20). The van der Waals surface area contributed by atoms with Crippen LogP contribution in [0, 0.1) is 0 Å². The predicted octanol–water partition coefficient (Wildman–Crippen LogP) is 3.40. The molecule has 0 fully saturated rings. The number of thiazole rings is 1. The third-order valence-corrected chi connectivity index (χ3v) is 4.28. The first kappa shape index (κ1) is 15.7. The molecule has 0 radical (unpaired) electrons. The number of anilines is 1. The molecule has 0 atom stereocenters. The third kappa shape index (κ3) is 3.91. The first-order valence-electron chi connectivity index (χ1n) is 7.05. The molecular weight excluding hydrogens is 284 g/mol. The molecule has 0 saturated heterocycles. The minimum absolute atomic E-state index is 0.0235. The molecule has 2 aromatic heterocycles. The molecule has 2 rings (SSSR count). The van der Waals surface area contributed by atoms with Gasteiger partial charge in [0.05, 0.1) is 23.3 Å². The van der Waals surface area contributed by atoms with Gasteiger partial charge in [-0.1, -0.05) is 20.8 Å². The average Bonchev–Trinajstić information content (AvgIpc) is 2.96. The van der Waals surface area contributed by atoms with Gasteiger partial charge in [0.2, 0.25) is 5.91 Å². The molecule has 21 heavy (non-hydrogen) atoms. The number of rotatable bonds is 4. The fraction of sp³-hybridized carbons (Fsp3) is 0.533. The van der Waals surface area contributed by atoms with Crippen LogP contribution >= 0.6 is 11.3 Å². The molecule has 5 nitrogen and oxygen atoms in total. The first-order chi connectivity index (χ1) is 9.77. The zero-order chi connectivity index (χ0) is 15.6. The Bertz CT molecular complexity index is 622. The van der Waals surface area contributed by atoms with Gasteiger partial charge in [-0.25, -0.2) is 9.67 Å². The fourth-order valence-corrected chi connectivity index (χ4v) is 2.82. The third-order valence-electron chi connectivity index (χ3n) is 2.96. The molecule has 1 amide bonds. The molecule has 6 heteroatoms. The van der Waals surface area contributed by atoms with Crippen molar-refractivity contribution in [2.75, 3.05) is 5.32 Å². The number of nitrogens with one attached hydrogen (secondary N) is 1. The maximum Gasteiger partial charge on any atom is 0.231 e. The smallest absolute Gasteiger partial charge is 0.231 e. The highest BCUT2D eigenvalue weighted by Gasteiger charge is 2.19. The summed E-state index contributed by atoms with van der Waals surface area (Å²) in [6, 6.07) is 2.02. The van der Waals surface area contributed by atoms with E-state index >= 15 is 0 Å². The summed E-state index contributed by atoms with van der Waals surface area (Å²) in [5.74, 6) is 0.657. The van der Waals surface area contributed by atoms with E-state index in [4.69, 9.17) is 0 Å². The normalized spacial score (nSPS) is 11.9. The van der Waals surface area contributed by atoms with E-state index in [9.17, 15) is 4.79 Å². The second-order valence-electron chi connectivity index (χ2n) is 6.37. The Labute approximate surface area is 129 Å². The molecule has 0 aliphatic heterocycles. The monoisotopic (exact) mass is 306 g/mol. The van der Waals surface area contributed by atoms with Gasteiger partial charge in [-0.05, 0) is 13.8 Å². The van der Waals surface area contributed by atoms with Crippen LogP contribution in [0.3, 0.4) is 0 Å². The minimum atomic E-state index is -0.0665. The van der Waals surface area contributed by atoms with E-state index < -0.39 is 0 Å². The van der Waals surface area contributed by atoms with Gasteiger partial charge in [0.25, 0.3) is 0 Å². The zero-order valence-corrected chi connectivity index (χ0v) is 14.0. The lowest BCUT2D eigenvalue weighted by atomic mass is 9.98. The Kier molecular flexibility index (Phi) is 4.46. The van der Waals surface area contributed by atoms with Gasteiger partial charge in [0.15, 0.2) is 0 Å². The molecule has 0 aliphatic carbocycles. The van der Waals surface area contributed by atoms with Crippen LogP contribution in [0.1, 0.15) is 51.4 Å². The molecule has 0 spiro atoms. The van der Waals surface area contributed by atoms with Gasteiger partial charge in [-0.3, -0.25) is 4.79 Å². The average molecular weight is 306 g/mol. The van der Waals surface area contributed by atoms with Crippen molar-refractivity contribution >= 4 is 23.1 Å². The van der Waals surface area contributed by atoms with Gasteiger partial charge in [-0.15, -0.1) is 11.3 Å². The van der Waals surface area contributed by atoms with Gasteiger partial charge >= 0.3 is 0 Å². The van der Waals surface area contributed by atoms with Gasteiger partial charge in [0.1, 0.15) is 5.82 Å². The van der Waals surface area contributed by atoms with Crippen molar-refractivity contribution in [3.63, 3.8) is 0 Å². The van der Waals surface area contributed by atoms with Crippen LogP contribution in [0.15, 0.2) is 17.6 Å². The molecule has 2 aromatic rings. The van der Waals surface area contributed by atoms with E-state index in [1.165, 1.54) is 0 Å². The van der Waals surface area contributed by atoms with Gasteiger partial charge in [-0.2, -0.15) is 5.10 Å². The highest BCUT2D eigenvalue weighted by atomic mass is 32.1. The lowest BCUT2D eigenvalue weighted by Gasteiger charge is -2.13. The summed E-state index contributed by atoms with van der Waals surface area (Å²) in [7, 11) is 0. The Balaban J connectivity index is 2.02. The minimum Gasteiger partial charge on any atom is -0.311 e. The maximum atomic E-state index is 12.1. The molecule has 0 aromatic carbocycles. The van der Waals surface area contributed by atoms with Crippen LogP contribution in [0.25, 0.3) is 0 Å². The number of aromatic nitrogens is 3. The molecule has 2 heterocycles. The summed E-state index contributed by atoms with van der Waals surface area (Å²) in [5, 5.41) is 10.1. The van der Waals surface area contributed by atoms with Crippen molar-refractivity contribution in [1.29, 1.82) is 0 Å². The van der Waals surface area contributed by atoms with Crippen molar-refractivity contribution in [1.82, 2.24) is 14.8 Å². The molecule has 114 valence electrons. The zero-order valence-electron chi connectivity index (χ0n) is 13.2. The van der Waals surface area contributed by atoms with Crippen LogP contribution in [-0.4, -0.2) is 20.7 Å². The molecule has 0 saturated carbocycles. The highest BCUT2D eigenvalue weighted by Crippen LogP contribution is 2.25. The van der Waals surface area contributed by atoms with Crippen molar-refractivity contribution in [3.8, 4) is 0 Å². The Morgan fingerprint density at radius 3 is 2.71 bits per heavy atom. The first-order valence-corrected chi connectivity index (χ1v) is 7.93. The Morgan fingerprint density at radius 2 is 2.14 bits per heavy atom. The molecule has 0 bridgehead atoms. The highest BCUT2D eigenvalue weighted by molar-refractivity contribution is 7.09. The van der Waals surface area contributed by atoms with Crippen LogP contribution in [-0.2, 0) is 16.6 Å². The largest absolute Gasteiger partial charge is 0.311 e. The van der Waals surface area contributed by atoms with Crippen molar-refractivity contribution in [3.05, 3.63) is 28.3 Å². The number of hydrogen-bond donors (Lipinski definition) is 1. The summed E-state index contributed by atoms with van der Waals surface area (Å²) in [4.78, 5) is 16.7. The number of carbonyl (C=O) groups excluding carboxylic acids is 1. The number of amides is 1. The van der Waals surface area contributed by atoms with Crippen LogP contribution in [0.4, 0.5) is 5.82 Å². The van der Waals surface area contributed by atoms with Crippen LogP contribution < -0.4 is 5.32 Å². The summed E-state index contributed by atoms with van der Waals surface area (Å²) in [6.07, 6.45) is 1.98. The maximum absolute atomic E-state index is 12.1. The molecule has 0 aliphatic rings. The van der Waals surface area contributed by atoms with Crippen LogP contribution in [0.2, 0.25) is 0 Å². The summed E-state index contributed by atoms with van der Waals surface area (Å²) in [6.45, 7) is 10.4. The summed E-state index contributed by atoms with van der Waals surface area (Å²) >= 11 is 1.61. The quantitative estimate of drug-likeness (QED) is 0.941. The van der Waals surface area contributed by atoms with Crippen LogP contribution in [0.5, 0.6) is 0 Å². The van der Waals surface area contributed by atoms with E-state index in [1.807, 2.05) is 19.2 Å². The second kappa shape index (κ2) is 5.97. The second-order valence-corrected chi connectivity index (χ2v) is 7.23. The lowest BCUT2D eigenvalue weighted by molar-refractivity contribution is -0.115. The summed E-state index contributed by atoms with van der Waals surface area (Å²) in [5.41, 5.74) is 0.841. The molecule has 0 unspecified atom stereocenters. The number of hydrogen-bond acceptors (Lipinski definition) is 4. The predicted molar refractivity (Wildman–Crippen MR) is 85.8 cm³/mol. The van der Waals surface area contributed by atoms with E-state index in [2.05, 4.69) is 36.2 Å². The van der Waals surface area contributed by atoms with Crippen molar-refractivity contribution in [2.24, 2.45) is 0 Å². The number of nitrogens with zero attached hydrogens (tertiary/aromatic N) is 3. The fourth-order valence-electron chi connectivity index (χ4n) is 1.91. The lowest BCUT2D eigenvalue weighted by Crippen LogP contribution is -2.19. The molecule has 1 N–H and O–H groups in total. The van der Waals surface area contributed by atoms with Gasteiger partial charge < -0.3 is 5.32 Å². The van der Waals surface area contributed by atoms with E-state index in [1.54, 1.807) is 28.3 Å². The van der Waals surface area contributed by atoms with Crippen molar-refractivity contribution in [2.45, 2.75) is 52.5 Å². The van der Waals surface area contributed by atoms with Gasteiger partial charge in [0, 0.05) is 22.9 Å². The van der Waals surface area contributed by atoms with E-state index in [0.717, 1.165) is 16.5 Å². The summed E-state index contributed by atoms with van der Waals surface area (Å²) < 4.78 is 1.79. The van der Waals surface area contributed by atoms with E-state index in [-0.39, 0.29) is 23.8 Å². The topological polar surface area (TPSA) is 59.8 Å². The molecular formula is C15H22N4OS. The van der Waals surface area contributed by atoms with Crippen molar-refractivity contribution < 1.29 is 4.79 Å². The van der Waals surface area contributed by atoms with E-state index in [0.29, 0.717) is 0 Å². The Morgan fingerprint density at radius 1 is 1.43 bits per heavy atom. The SMILES string of the molecule is CC(C)n1nccc1NC(=O)Cc1csc(C(C)(C)C)n1. The number of carbonyl (C=O) groups is 1.